The van der Waals surface area contributed by atoms with E-state index in [2.05, 4.69) is 25.5 Å². The molecule has 2 aromatic carbocycles. The van der Waals surface area contributed by atoms with Gasteiger partial charge >= 0.3 is 0 Å². The fraction of sp³-hybridized carbons (Fsp3) is 0.105. The van der Waals surface area contributed by atoms with Crippen LogP contribution in [0.15, 0.2) is 59.5 Å². The molecule has 1 heterocycles. The quantitative estimate of drug-likeness (QED) is 0.534. The molecule has 0 saturated carbocycles. The summed E-state index contributed by atoms with van der Waals surface area (Å²) < 4.78 is 40.7. The molecule has 1 amide bonds. The largest absolute Gasteiger partial charge is 0.277 e. The van der Waals surface area contributed by atoms with Crippen LogP contribution >= 0.6 is 0 Å². The maximum atomic E-state index is 13.7. The normalized spacial score (nSPS) is 11.0. The van der Waals surface area contributed by atoms with Crippen molar-refractivity contribution < 1.29 is 17.6 Å². The number of benzene rings is 2. The van der Waals surface area contributed by atoms with E-state index in [1.54, 1.807) is 19.9 Å². The van der Waals surface area contributed by atoms with Crippen LogP contribution in [0, 0.1) is 19.7 Å². The van der Waals surface area contributed by atoms with Gasteiger partial charge in [-0.05, 0) is 56.3 Å². The zero-order chi connectivity index (χ0) is 21.0. The highest BCUT2D eigenvalue weighted by atomic mass is 32.2. The summed E-state index contributed by atoms with van der Waals surface area (Å²) in [4.78, 5) is 20.4. The number of carbonyl (C=O) groups excluding carboxylic acids is 1. The van der Waals surface area contributed by atoms with E-state index in [0.29, 0.717) is 0 Å². The van der Waals surface area contributed by atoms with Crippen molar-refractivity contribution in [3.63, 3.8) is 0 Å². The average molecular weight is 415 g/mol. The van der Waals surface area contributed by atoms with Gasteiger partial charge in [0.15, 0.2) is 0 Å². The molecule has 3 N–H and O–H groups in total. The number of para-hydroxylation sites is 1. The lowest BCUT2D eigenvalue weighted by Crippen LogP contribution is -2.30. The van der Waals surface area contributed by atoms with Crippen molar-refractivity contribution in [2.75, 3.05) is 10.1 Å². The topological polar surface area (TPSA) is 113 Å². The molecule has 0 spiro atoms. The van der Waals surface area contributed by atoms with Crippen LogP contribution in [0.4, 0.5) is 16.0 Å². The number of aryl methyl sites for hydroxylation is 2. The van der Waals surface area contributed by atoms with E-state index in [4.69, 9.17) is 0 Å². The summed E-state index contributed by atoms with van der Waals surface area (Å²) in [6.45, 7) is 3.60. The molecule has 10 heteroatoms. The molecule has 0 aliphatic heterocycles. The smallest absolute Gasteiger partial charge is 0.269 e. The number of nitrogens with zero attached hydrogens (tertiary/aromatic N) is 2. The first-order valence-electron chi connectivity index (χ1n) is 8.51. The molecule has 0 aliphatic carbocycles. The number of hydrazine groups is 1. The predicted molar refractivity (Wildman–Crippen MR) is 106 cm³/mol. The Balaban J connectivity index is 1.68. The van der Waals surface area contributed by atoms with Gasteiger partial charge < -0.3 is 0 Å². The van der Waals surface area contributed by atoms with Crippen LogP contribution in [-0.2, 0) is 10.0 Å². The molecule has 150 valence electrons. The molecule has 0 atom stereocenters. The molecule has 0 bridgehead atoms. The van der Waals surface area contributed by atoms with E-state index < -0.39 is 21.7 Å². The predicted octanol–water partition coefficient (Wildman–Crippen LogP) is 2.79. The second kappa shape index (κ2) is 8.23. The number of aromatic nitrogens is 2. The zero-order valence-electron chi connectivity index (χ0n) is 15.6. The van der Waals surface area contributed by atoms with E-state index in [9.17, 15) is 17.6 Å². The summed E-state index contributed by atoms with van der Waals surface area (Å²) in [5, 5.41) is 0. The second-order valence-corrected chi connectivity index (χ2v) is 7.85. The summed E-state index contributed by atoms with van der Waals surface area (Å²) >= 11 is 0. The molecule has 29 heavy (non-hydrogen) atoms. The van der Waals surface area contributed by atoms with Crippen molar-refractivity contribution in [3.05, 3.63) is 77.4 Å². The third-order valence-corrected chi connectivity index (χ3v) is 5.20. The molecule has 0 aliphatic rings. The van der Waals surface area contributed by atoms with Crippen LogP contribution in [0.25, 0.3) is 0 Å². The van der Waals surface area contributed by atoms with Gasteiger partial charge in [-0.3, -0.25) is 20.4 Å². The molecular formula is C19H18FN5O3S. The molecule has 3 rings (SSSR count). The van der Waals surface area contributed by atoms with Gasteiger partial charge in [-0.2, -0.15) is 0 Å². The Bertz CT molecular complexity index is 1130. The number of rotatable bonds is 6. The van der Waals surface area contributed by atoms with Crippen molar-refractivity contribution in [1.29, 1.82) is 0 Å². The van der Waals surface area contributed by atoms with Gasteiger partial charge in [-0.15, -0.1) is 0 Å². The van der Waals surface area contributed by atoms with E-state index >= 15 is 0 Å². The molecule has 0 radical (unpaired) electrons. The molecular weight excluding hydrogens is 397 g/mol. The Morgan fingerprint density at radius 1 is 0.966 bits per heavy atom. The fourth-order valence-corrected chi connectivity index (χ4v) is 3.57. The minimum absolute atomic E-state index is 0.108. The highest BCUT2D eigenvalue weighted by Gasteiger charge is 2.17. The van der Waals surface area contributed by atoms with E-state index in [0.717, 1.165) is 17.5 Å². The number of hydrogen-bond donors (Lipinski definition) is 3. The van der Waals surface area contributed by atoms with E-state index in [-0.39, 0.29) is 22.1 Å². The van der Waals surface area contributed by atoms with E-state index in [1.165, 1.54) is 42.5 Å². The maximum Gasteiger partial charge on any atom is 0.269 e. The molecule has 1 aromatic heterocycles. The number of sulfonamides is 1. The number of anilines is 2. The van der Waals surface area contributed by atoms with Gasteiger partial charge in [0.1, 0.15) is 5.82 Å². The Kier molecular flexibility index (Phi) is 5.74. The van der Waals surface area contributed by atoms with Crippen molar-refractivity contribution in [2.45, 2.75) is 18.7 Å². The van der Waals surface area contributed by atoms with Crippen molar-refractivity contribution in [3.8, 4) is 0 Å². The Hall–Kier alpha value is -3.53. The van der Waals surface area contributed by atoms with Gasteiger partial charge in [0.25, 0.3) is 15.9 Å². The van der Waals surface area contributed by atoms with Gasteiger partial charge in [0.2, 0.25) is 5.95 Å². The molecule has 0 saturated heterocycles. The Labute approximate surface area is 167 Å². The average Bonchev–Trinajstić information content (AvgIpc) is 2.67. The summed E-state index contributed by atoms with van der Waals surface area (Å²) in [5.74, 6) is -0.949. The number of halogens is 1. The van der Waals surface area contributed by atoms with Gasteiger partial charge in [-0.1, -0.05) is 12.1 Å². The van der Waals surface area contributed by atoms with Crippen molar-refractivity contribution in [2.24, 2.45) is 0 Å². The second-order valence-electron chi connectivity index (χ2n) is 6.16. The monoisotopic (exact) mass is 415 g/mol. The minimum atomic E-state index is -4.00. The standard InChI is InChI=1S/C19H18FN5O3S/c1-12-11-13(2)22-19(21-12)24-23-18(26)14-7-9-15(10-8-14)29(27,28)25-17-6-4-3-5-16(17)20/h3-11,25H,1-2H3,(H,23,26)(H,21,22,24). The third-order valence-electron chi connectivity index (χ3n) is 3.82. The zero-order valence-corrected chi connectivity index (χ0v) is 16.4. The number of nitrogens with one attached hydrogen (secondary N) is 3. The minimum Gasteiger partial charge on any atom is -0.277 e. The first-order valence-corrected chi connectivity index (χ1v) is 9.99. The van der Waals surface area contributed by atoms with Crippen LogP contribution in [0.5, 0.6) is 0 Å². The molecule has 0 unspecified atom stereocenters. The van der Waals surface area contributed by atoms with Crippen molar-refractivity contribution in [1.82, 2.24) is 15.4 Å². The maximum absolute atomic E-state index is 13.7. The lowest BCUT2D eigenvalue weighted by atomic mass is 10.2. The first-order chi connectivity index (χ1) is 13.7. The number of hydrogen-bond acceptors (Lipinski definition) is 6. The van der Waals surface area contributed by atoms with Crippen LogP contribution in [0.1, 0.15) is 21.7 Å². The Morgan fingerprint density at radius 2 is 1.59 bits per heavy atom. The van der Waals surface area contributed by atoms with Crippen LogP contribution < -0.4 is 15.6 Å². The number of carbonyl (C=O) groups is 1. The first kappa shape index (κ1) is 20.2. The molecule has 3 aromatic rings. The summed E-state index contributed by atoms with van der Waals surface area (Å²) in [6.07, 6.45) is 0. The van der Waals surface area contributed by atoms with Crippen LogP contribution in [0.2, 0.25) is 0 Å². The lowest BCUT2D eigenvalue weighted by molar-refractivity contribution is 0.0962. The van der Waals surface area contributed by atoms with Gasteiger partial charge in [0, 0.05) is 17.0 Å². The third kappa shape index (κ3) is 5.05. The van der Waals surface area contributed by atoms with Gasteiger partial charge in [0.05, 0.1) is 10.6 Å². The highest BCUT2D eigenvalue weighted by molar-refractivity contribution is 7.92. The fourth-order valence-electron chi connectivity index (χ4n) is 2.50. The summed E-state index contributed by atoms with van der Waals surface area (Å²) in [6, 6.07) is 12.4. The summed E-state index contributed by atoms with van der Waals surface area (Å²) in [7, 11) is -4.00. The van der Waals surface area contributed by atoms with Crippen LogP contribution in [-0.4, -0.2) is 24.3 Å². The Morgan fingerprint density at radius 3 is 2.21 bits per heavy atom. The van der Waals surface area contributed by atoms with E-state index in [1.807, 2.05) is 0 Å². The van der Waals surface area contributed by atoms with Crippen LogP contribution in [0.3, 0.4) is 0 Å². The SMILES string of the molecule is Cc1cc(C)nc(NNC(=O)c2ccc(S(=O)(=O)Nc3ccccc3F)cc2)n1. The van der Waals surface area contributed by atoms with Gasteiger partial charge in [-0.25, -0.2) is 22.8 Å². The lowest BCUT2D eigenvalue weighted by Gasteiger charge is -2.10. The highest BCUT2D eigenvalue weighted by Crippen LogP contribution is 2.19. The summed E-state index contributed by atoms with van der Waals surface area (Å²) in [5.41, 5.74) is 6.60. The molecule has 0 fully saturated rings. The molecule has 8 nitrogen and oxygen atoms in total. The number of amides is 1. The van der Waals surface area contributed by atoms with Crippen molar-refractivity contribution >= 4 is 27.6 Å².